The Morgan fingerprint density at radius 3 is 2.00 bits per heavy atom. The van der Waals surface area contributed by atoms with Crippen molar-refractivity contribution >= 4 is 90.9 Å². The van der Waals surface area contributed by atoms with Crippen LogP contribution < -0.4 is 46.8 Å². The summed E-state index contributed by atoms with van der Waals surface area (Å²) < 4.78 is 13.4. The summed E-state index contributed by atoms with van der Waals surface area (Å²) in [5.41, 5.74) is 10.4. The summed E-state index contributed by atoms with van der Waals surface area (Å²) in [5, 5.41) is 7.90. The Balaban J connectivity index is 1.28. The molecule has 4 heterocycles. The second-order valence-electron chi connectivity index (χ2n) is 13.3. The van der Waals surface area contributed by atoms with Gasteiger partial charge in [0.1, 0.15) is 22.7 Å². The Bertz CT molecular complexity index is 2590. The fourth-order valence-electron chi connectivity index (χ4n) is 9.06. The van der Waals surface area contributed by atoms with Gasteiger partial charge in [-0.05, 0) is 92.1 Å². The van der Waals surface area contributed by atoms with E-state index in [1.54, 1.807) is 0 Å². The highest BCUT2D eigenvalue weighted by Crippen LogP contribution is 2.43. The summed E-state index contributed by atoms with van der Waals surface area (Å²) in [5.74, 6) is 1.92. The second kappa shape index (κ2) is 9.40. The van der Waals surface area contributed by atoms with Crippen LogP contribution in [0.5, 0.6) is 11.5 Å². The number of rotatable bonds is 3. The van der Waals surface area contributed by atoms with Crippen molar-refractivity contribution in [3.63, 3.8) is 0 Å². The Hall–Kier alpha value is -5.78. The minimum absolute atomic E-state index is 0.0704. The van der Waals surface area contributed by atoms with Gasteiger partial charge < -0.3 is 14.1 Å². The fraction of sp³-hybridized carbons (Fsp3) is 0.0233. The van der Waals surface area contributed by atoms with Gasteiger partial charge in [0.15, 0.2) is 8.07 Å². The van der Waals surface area contributed by atoms with E-state index in [0.717, 1.165) is 39.1 Å². The van der Waals surface area contributed by atoms with E-state index in [4.69, 9.17) is 9.15 Å². The molecule has 11 rings (SSSR count). The van der Waals surface area contributed by atoms with Crippen molar-refractivity contribution in [3.8, 4) is 11.5 Å². The lowest BCUT2D eigenvalue weighted by Crippen LogP contribution is -2.87. The average Bonchev–Trinajstić information content (AvgIpc) is 3.50. The van der Waals surface area contributed by atoms with E-state index in [1.807, 2.05) is 6.07 Å². The standard InChI is InChI=1S/C43H28BNO2Si/c1-27-24-34-41-38(25-27)47-36-19-11-21-40-43(36)44(41)42-33(45(34)28-22-23-32-31-16-8-9-18-35(31)46-37(32)26-28)17-10-20-39(42)48(40,29-12-4-2-5-13-29)30-14-6-3-7-15-30/h2-26H,1H3. The summed E-state index contributed by atoms with van der Waals surface area (Å²) in [4.78, 5) is 2.46. The van der Waals surface area contributed by atoms with Crippen molar-refractivity contribution in [3.05, 3.63) is 157 Å². The van der Waals surface area contributed by atoms with Gasteiger partial charge in [0, 0.05) is 33.9 Å². The van der Waals surface area contributed by atoms with Crippen LogP contribution in [-0.4, -0.2) is 14.8 Å². The van der Waals surface area contributed by atoms with Crippen molar-refractivity contribution in [2.75, 3.05) is 4.90 Å². The van der Waals surface area contributed by atoms with Gasteiger partial charge in [0.05, 0.1) is 0 Å². The molecule has 1 aromatic heterocycles. The van der Waals surface area contributed by atoms with Crippen molar-refractivity contribution in [2.24, 2.45) is 0 Å². The molecule has 224 valence electrons. The van der Waals surface area contributed by atoms with Crippen LogP contribution in [0.1, 0.15) is 5.56 Å². The first-order valence-electron chi connectivity index (χ1n) is 16.6. The molecule has 3 aliphatic heterocycles. The number of hydrogen-bond acceptors (Lipinski definition) is 3. The molecule has 8 aromatic rings. The third kappa shape index (κ3) is 3.24. The van der Waals surface area contributed by atoms with Gasteiger partial charge >= 0.3 is 0 Å². The SMILES string of the molecule is Cc1cc2c3c(c1)N(c1ccc4c(c1)oc1ccccc14)c1cccc4c1B3c1c(cccc1[Si]4(c1ccccc1)c1ccccc1)O2. The number of nitrogens with zero attached hydrogens (tertiary/aromatic N) is 1. The molecule has 0 spiro atoms. The molecule has 0 unspecified atom stereocenters. The summed E-state index contributed by atoms with van der Waals surface area (Å²) >= 11 is 0. The van der Waals surface area contributed by atoms with Crippen LogP contribution in [0.3, 0.4) is 0 Å². The quantitative estimate of drug-likeness (QED) is 0.225. The molecular weight excluding hydrogens is 601 g/mol. The zero-order chi connectivity index (χ0) is 31.6. The minimum atomic E-state index is -2.79. The van der Waals surface area contributed by atoms with Crippen LogP contribution in [0.25, 0.3) is 21.9 Å². The van der Waals surface area contributed by atoms with Gasteiger partial charge in [0.25, 0.3) is 6.71 Å². The van der Waals surface area contributed by atoms with E-state index in [-0.39, 0.29) is 6.71 Å². The molecule has 0 N–H and O–H groups in total. The number of hydrogen-bond donors (Lipinski definition) is 0. The molecule has 0 bridgehead atoms. The van der Waals surface area contributed by atoms with Crippen molar-refractivity contribution < 1.29 is 9.15 Å². The highest BCUT2D eigenvalue weighted by molar-refractivity contribution is 7.27. The van der Waals surface area contributed by atoms with E-state index in [0.29, 0.717) is 0 Å². The smallest absolute Gasteiger partial charge is 0.256 e. The first kappa shape index (κ1) is 26.3. The van der Waals surface area contributed by atoms with Gasteiger partial charge in [-0.1, -0.05) is 103 Å². The van der Waals surface area contributed by atoms with Gasteiger partial charge in [-0.3, -0.25) is 0 Å². The highest BCUT2D eigenvalue weighted by Gasteiger charge is 2.55. The van der Waals surface area contributed by atoms with Crippen LogP contribution in [0.4, 0.5) is 17.1 Å². The summed E-state index contributed by atoms with van der Waals surface area (Å²) in [6.07, 6.45) is 0. The van der Waals surface area contributed by atoms with Crippen LogP contribution in [0.15, 0.2) is 156 Å². The van der Waals surface area contributed by atoms with Gasteiger partial charge in [-0.2, -0.15) is 0 Å². The van der Waals surface area contributed by atoms with Crippen molar-refractivity contribution in [2.45, 2.75) is 6.92 Å². The molecule has 0 aliphatic carbocycles. The average molecular weight is 630 g/mol. The summed E-state index contributed by atoms with van der Waals surface area (Å²) in [6.45, 7) is 2.24. The second-order valence-corrected chi connectivity index (χ2v) is 17.0. The lowest BCUT2D eigenvalue weighted by molar-refractivity contribution is 0.487. The maximum Gasteiger partial charge on any atom is 0.256 e. The van der Waals surface area contributed by atoms with E-state index >= 15 is 0 Å². The topological polar surface area (TPSA) is 25.6 Å². The summed E-state index contributed by atoms with van der Waals surface area (Å²) in [7, 11) is -2.79. The van der Waals surface area contributed by atoms with Crippen molar-refractivity contribution in [1.82, 2.24) is 0 Å². The molecular formula is C43H28BNO2Si. The number of anilines is 3. The molecule has 3 aliphatic rings. The van der Waals surface area contributed by atoms with E-state index < -0.39 is 8.07 Å². The van der Waals surface area contributed by atoms with Gasteiger partial charge in [-0.25, -0.2) is 0 Å². The zero-order valence-corrected chi connectivity index (χ0v) is 27.3. The predicted octanol–water partition coefficient (Wildman–Crippen LogP) is 5.99. The number of para-hydroxylation sites is 1. The number of fused-ring (bicyclic) bond motifs is 3. The molecule has 0 amide bonds. The molecule has 7 aromatic carbocycles. The zero-order valence-electron chi connectivity index (χ0n) is 26.3. The van der Waals surface area contributed by atoms with E-state index in [1.165, 1.54) is 54.1 Å². The predicted molar refractivity (Wildman–Crippen MR) is 201 cm³/mol. The number of benzene rings is 7. The molecule has 0 atom stereocenters. The summed E-state index contributed by atoms with van der Waals surface area (Å²) in [6, 6.07) is 55.8. The molecule has 0 radical (unpaired) electrons. The van der Waals surface area contributed by atoms with E-state index in [9.17, 15) is 0 Å². The maximum absolute atomic E-state index is 6.97. The molecule has 0 fully saturated rings. The Kier molecular flexibility index (Phi) is 5.15. The molecule has 48 heavy (non-hydrogen) atoms. The van der Waals surface area contributed by atoms with Crippen LogP contribution in [-0.2, 0) is 0 Å². The fourth-order valence-corrected chi connectivity index (χ4v) is 14.4. The third-order valence-corrected chi connectivity index (χ3v) is 15.7. The van der Waals surface area contributed by atoms with Crippen LogP contribution in [0, 0.1) is 6.92 Å². The monoisotopic (exact) mass is 629 g/mol. The first-order chi connectivity index (χ1) is 23.7. The van der Waals surface area contributed by atoms with E-state index in [2.05, 4.69) is 157 Å². The van der Waals surface area contributed by atoms with Crippen molar-refractivity contribution in [1.29, 1.82) is 0 Å². The van der Waals surface area contributed by atoms with Gasteiger partial charge in [0.2, 0.25) is 0 Å². The largest absolute Gasteiger partial charge is 0.458 e. The number of furan rings is 1. The normalized spacial score (nSPS) is 14.6. The Morgan fingerprint density at radius 1 is 0.521 bits per heavy atom. The highest BCUT2D eigenvalue weighted by atomic mass is 28.3. The molecule has 5 heteroatoms. The molecule has 0 saturated carbocycles. The Morgan fingerprint density at radius 2 is 1.21 bits per heavy atom. The minimum Gasteiger partial charge on any atom is -0.458 e. The van der Waals surface area contributed by atoms with Gasteiger partial charge in [-0.15, -0.1) is 0 Å². The maximum atomic E-state index is 6.97. The molecule has 3 nitrogen and oxygen atoms in total. The third-order valence-electron chi connectivity index (χ3n) is 10.8. The number of ether oxygens (including phenoxy) is 1. The van der Waals surface area contributed by atoms with Crippen LogP contribution >= 0.6 is 0 Å². The molecule has 0 saturated heterocycles. The lowest BCUT2D eigenvalue weighted by atomic mass is 9.34. The first-order valence-corrected chi connectivity index (χ1v) is 18.6. The number of aryl methyl sites for hydroxylation is 1. The Labute approximate surface area is 279 Å². The van der Waals surface area contributed by atoms with Crippen LogP contribution in [0.2, 0.25) is 0 Å². The lowest BCUT2D eigenvalue weighted by Gasteiger charge is -2.49.